The third-order valence-corrected chi connectivity index (χ3v) is 3.92. The van der Waals surface area contributed by atoms with Crippen molar-refractivity contribution in [2.75, 3.05) is 4.90 Å². The van der Waals surface area contributed by atoms with Crippen molar-refractivity contribution in [2.24, 2.45) is 0 Å². The average Bonchev–Trinajstić information content (AvgIpc) is 2.57. The zero-order valence-electron chi connectivity index (χ0n) is 13.9. The highest BCUT2D eigenvalue weighted by molar-refractivity contribution is 5.53. The Labute approximate surface area is 139 Å². The highest BCUT2D eigenvalue weighted by atomic mass is 16.3. The maximum absolute atomic E-state index is 9.22. The number of hydrogen-bond acceptors (Lipinski definition) is 2. The van der Waals surface area contributed by atoms with Gasteiger partial charge in [0, 0.05) is 11.9 Å². The Morgan fingerprint density at radius 2 is 2.09 bits per heavy atom. The third kappa shape index (κ3) is 4.83. The van der Waals surface area contributed by atoms with Crippen molar-refractivity contribution < 1.29 is 5.11 Å². The molecule has 0 spiro atoms. The van der Waals surface area contributed by atoms with Gasteiger partial charge in [0.1, 0.15) is 0 Å². The minimum absolute atomic E-state index is 0.0720. The molecule has 2 rings (SSSR count). The van der Waals surface area contributed by atoms with Gasteiger partial charge in [0.25, 0.3) is 0 Å². The fourth-order valence-electron chi connectivity index (χ4n) is 2.52. The predicted molar refractivity (Wildman–Crippen MR) is 99.2 cm³/mol. The van der Waals surface area contributed by atoms with Gasteiger partial charge in [-0.1, -0.05) is 54.7 Å². The van der Waals surface area contributed by atoms with Crippen molar-refractivity contribution in [2.45, 2.75) is 32.9 Å². The average molecular weight is 307 g/mol. The second kappa shape index (κ2) is 8.35. The molecule has 0 amide bonds. The number of anilines is 1. The number of allylic oxidation sites excluding steroid dienone is 6. The summed E-state index contributed by atoms with van der Waals surface area (Å²) in [7, 11) is 0. The minimum atomic E-state index is 0.0720. The van der Waals surface area contributed by atoms with E-state index in [1.165, 1.54) is 5.57 Å². The molecule has 0 aromatic heterocycles. The lowest BCUT2D eigenvalue weighted by molar-refractivity contribution is 0.282. The van der Waals surface area contributed by atoms with E-state index in [1.54, 1.807) is 6.08 Å². The Bertz CT molecular complexity index is 647. The summed E-state index contributed by atoms with van der Waals surface area (Å²) in [6.07, 6.45) is 15.7. The first-order valence-corrected chi connectivity index (χ1v) is 7.94. The SMILES string of the molecule is C=C/C=C(C)\C=C/N(c1ccc(CO)cc1)C1C=CC(C)=CC1. The Morgan fingerprint density at radius 3 is 2.65 bits per heavy atom. The van der Waals surface area contributed by atoms with E-state index in [1.807, 2.05) is 18.2 Å². The minimum Gasteiger partial charge on any atom is -0.392 e. The van der Waals surface area contributed by atoms with Crippen molar-refractivity contribution in [3.63, 3.8) is 0 Å². The topological polar surface area (TPSA) is 23.5 Å². The first-order valence-electron chi connectivity index (χ1n) is 7.94. The van der Waals surface area contributed by atoms with Crippen LogP contribution >= 0.6 is 0 Å². The van der Waals surface area contributed by atoms with Crippen molar-refractivity contribution in [1.82, 2.24) is 0 Å². The molecule has 0 bridgehead atoms. The summed E-state index contributed by atoms with van der Waals surface area (Å²) in [4.78, 5) is 2.26. The largest absolute Gasteiger partial charge is 0.392 e. The first kappa shape index (κ1) is 17.0. The summed E-state index contributed by atoms with van der Waals surface area (Å²) in [5, 5.41) is 9.22. The van der Waals surface area contributed by atoms with E-state index in [0.29, 0.717) is 6.04 Å². The van der Waals surface area contributed by atoms with Gasteiger partial charge in [-0.3, -0.25) is 0 Å². The quantitative estimate of drug-likeness (QED) is 0.755. The fourth-order valence-corrected chi connectivity index (χ4v) is 2.52. The molecule has 1 aromatic carbocycles. The highest BCUT2D eigenvalue weighted by Gasteiger charge is 2.15. The molecule has 1 N–H and O–H groups in total. The molecule has 1 aliphatic carbocycles. The monoisotopic (exact) mass is 307 g/mol. The Balaban J connectivity index is 2.28. The van der Waals surface area contributed by atoms with Gasteiger partial charge in [-0.15, -0.1) is 0 Å². The normalized spacial score (nSPS) is 18.1. The molecule has 120 valence electrons. The van der Waals surface area contributed by atoms with E-state index in [-0.39, 0.29) is 6.61 Å². The molecule has 1 aromatic rings. The standard InChI is InChI=1S/C21H25NO/c1-4-5-17(2)14-15-22(20-10-6-18(3)7-11-20)21-12-8-19(16-23)9-13-21/h4-10,12-15,20,23H,1,11,16H2,2-3H3/b15-14-,17-5-. The van der Waals surface area contributed by atoms with Crippen LogP contribution in [0, 0.1) is 0 Å². The molecule has 0 heterocycles. The summed E-state index contributed by atoms with van der Waals surface area (Å²) in [5.74, 6) is 0. The fraction of sp³-hybridized carbons (Fsp3) is 0.238. The van der Waals surface area contributed by atoms with Crippen LogP contribution < -0.4 is 4.90 Å². The molecule has 0 saturated heterocycles. The van der Waals surface area contributed by atoms with E-state index >= 15 is 0 Å². The number of aliphatic hydroxyl groups is 1. The van der Waals surface area contributed by atoms with E-state index in [2.05, 4.69) is 68.0 Å². The maximum atomic E-state index is 9.22. The van der Waals surface area contributed by atoms with Gasteiger partial charge in [-0.05, 0) is 49.6 Å². The molecule has 2 nitrogen and oxygen atoms in total. The first-order chi connectivity index (χ1) is 11.1. The highest BCUT2D eigenvalue weighted by Crippen LogP contribution is 2.24. The molecular formula is C21H25NO. The van der Waals surface area contributed by atoms with E-state index in [4.69, 9.17) is 0 Å². The second-order valence-corrected chi connectivity index (χ2v) is 5.80. The summed E-state index contributed by atoms with van der Waals surface area (Å²) >= 11 is 0. The van der Waals surface area contributed by atoms with Crippen LogP contribution in [0.15, 0.2) is 84.6 Å². The van der Waals surface area contributed by atoms with Crippen molar-refractivity contribution >= 4 is 5.69 Å². The molecule has 1 aliphatic rings. The van der Waals surface area contributed by atoms with Crippen molar-refractivity contribution in [3.05, 3.63) is 90.2 Å². The molecular weight excluding hydrogens is 282 g/mol. The van der Waals surface area contributed by atoms with Gasteiger partial charge in [0.05, 0.1) is 12.6 Å². The van der Waals surface area contributed by atoms with E-state index in [0.717, 1.165) is 23.2 Å². The van der Waals surface area contributed by atoms with Gasteiger partial charge >= 0.3 is 0 Å². The van der Waals surface area contributed by atoms with Crippen LogP contribution in [-0.2, 0) is 6.61 Å². The van der Waals surface area contributed by atoms with Crippen LogP contribution in [0.3, 0.4) is 0 Å². The smallest absolute Gasteiger partial charge is 0.0681 e. The summed E-state index contributed by atoms with van der Waals surface area (Å²) < 4.78 is 0. The van der Waals surface area contributed by atoms with Gasteiger partial charge < -0.3 is 10.0 Å². The lowest BCUT2D eigenvalue weighted by atomic mass is 10.0. The van der Waals surface area contributed by atoms with Gasteiger partial charge in [0.2, 0.25) is 0 Å². The van der Waals surface area contributed by atoms with Crippen molar-refractivity contribution in [3.8, 4) is 0 Å². The van der Waals surface area contributed by atoms with Crippen molar-refractivity contribution in [1.29, 1.82) is 0 Å². The Kier molecular flexibility index (Phi) is 6.19. The number of aliphatic hydroxyl groups excluding tert-OH is 1. The third-order valence-electron chi connectivity index (χ3n) is 3.92. The lowest BCUT2D eigenvalue weighted by Gasteiger charge is -2.30. The lowest BCUT2D eigenvalue weighted by Crippen LogP contribution is -2.29. The molecule has 2 heteroatoms. The zero-order chi connectivity index (χ0) is 16.7. The van der Waals surface area contributed by atoms with Crippen LogP contribution in [0.1, 0.15) is 25.8 Å². The van der Waals surface area contributed by atoms with Crippen LogP contribution in [-0.4, -0.2) is 11.1 Å². The summed E-state index contributed by atoms with van der Waals surface area (Å²) in [6.45, 7) is 8.00. The molecule has 0 saturated carbocycles. The van der Waals surface area contributed by atoms with Crippen LogP contribution in [0.25, 0.3) is 0 Å². The van der Waals surface area contributed by atoms with E-state index < -0.39 is 0 Å². The van der Waals surface area contributed by atoms with Gasteiger partial charge in [-0.2, -0.15) is 0 Å². The van der Waals surface area contributed by atoms with E-state index in [9.17, 15) is 5.11 Å². The number of nitrogens with zero attached hydrogens (tertiary/aromatic N) is 1. The van der Waals surface area contributed by atoms with Crippen LogP contribution in [0.5, 0.6) is 0 Å². The zero-order valence-corrected chi connectivity index (χ0v) is 13.9. The molecule has 23 heavy (non-hydrogen) atoms. The molecule has 0 radical (unpaired) electrons. The second-order valence-electron chi connectivity index (χ2n) is 5.80. The Hall–Kier alpha value is -2.32. The number of hydrogen-bond donors (Lipinski definition) is 1. The van der Waals surface area contributed by atoms with Crippen LogP contribution in [0.2, 0.25) is 0 Å². The summed E-state index contributed by atoms with van der Waals surface area (Å²) in [5.41, 5.74) is 4.51. The van der Waals surface area contributed by atoms with Gasteiger partial charge in [-0.25, -0.2) is 0 Å². The number of benzene rings is 1. The maximum Gasteiger partial charge on any atom is 0.0681 e. The predicted octanol–water partition coefficient (Wildman–Crippen LogP) is 4.91. The molecule has 1 atom stereocenters. The van der Waals surface area contributed by atoms with Gasteiger partial charge in [0.15, 0.2) is 0 Å². The molecule has 0 fully saturated rings. The molecule has 1 unspecified atom stereocenters. The number of rotatable bonds is 6. The van der Waals surface area contributed by atoms with Crippen LogP contribution in [0.4, 0.5) is 5.69 Å². The summed E-state index contributed by atoms with van der Waals surface area (Å²) in [6, 6.07) is 8.35. The Morgan fingerprint density at radius 1 is 1.35 bits per heavy atom. The molecule has 0 aliphatic heterocycles.